The number of carbonyl (C=O) groups excluding carboxylic acids is 2. The number of ether oxygens (including phenoxy) is 1. The van der Waals surface area contributed by atoms with Crippen LogP contribution in [-0.2, 0) is 20.0 Å². The standard InChI is InChI=1S/C30H28Cl2F3N7O4/c1-15-11-20-24(14-41(15)27(44)18-7-10-21(31)22(32)12-18)38-29(37-16(2)17-5-8-19(9-6-17)46-30(33,34)35)42(28(20)45)25-13-23(26(43)36-3)39-40(25)4/h5-10,12-13,15-16H,11,14H2,1-4H3,(H,36,43)(H,37,38)/t15-,16+/m1/s1. The van der Waals surface area contributed by atoms with E-state index in [0.717, 1.165) is 0 Å². The highest BCUT2D eigenvalue weighted by atomic mass is 35.5. The van der Waals surface area contributed by atoms with Crippen LogP contribution in [0, 0.1) is 0 Å². The van der Waals surface area contributed by atoms with Crippen LogP contribution in [0.25, 0.3) is 5.82 Å². The summed E-state index contributed by atoms with van der Waals surface area (Å²) in [5.41, 5.74) is 1.24. The van der Waals surface area contributed by atoms with Gasteiger partial charge in [-0.05, 0) is 56.2 Å². The van der Waals surface area contributed by atoms with Gasteiger partial charge in [0.1, 0.15) is 11.6 Å². The van der Waals surface area contributed by atoms with E-state index >= 15 is 0 Å². The Kier molecular flexibility index (Phi) is 9.05. The molecule has 4 aromatic rings. The fraction of sp³-hybridized carbons (Fsp3) is 0.300. The summed E-state index contributed by atoms with van der Waals surface area (Å²) in [5, 5.41) is 10.4. The molecule has 5 rings (SSSR count). The van der Waals surface area contributed by atoms with Crippen molar-refractivity contribution in [1.29, 1.82) is 0 Å². The van der Waals surface area contributed by atoms with Gasteiger partial charge in [-0.3, -0.25) is 19.1 Å². The lowest BCUT2D eigenvalue weighted by Crippen LogP contribution is -2.46. The molecule has 0 fully saturated rings. The second-order valence-corrected chi connectivity index (χ2v) is 11.5. The monoisotopic (exact) mass is 677 g/mol. The molecular formula is C30H28Cl2F3N7O4. The Labute approximate surface area is 270 Å². The number of aromatic nitrogens is 4. The van der Waals surface area contributed by atoms with Gasteiger partial charge in [-0.2, -0.15) is 5.10 Å². The third-order valence-electron chi connectivity index (χ3n) is 7.54. The summed E-state index contributed by atoms with van der Waals surface area (Å²) in [6, 6.07) is 10.3. The van der Waals surface area contributed by atoms with E-state index in [0.29, 0.717) is 27.4 Å². The Balaban J connectivity index is 1.56. The van der Waals surface area contributed by atoms with E-state index in [1.54, 1.807) is 24.9 Å². The maximum atomic E-state index is 14.2. The van der Waals surface area contributed by atoms with E-state index in [4.69, 9.17) is 28.2 Å². The largest absolute Gasteiger partial charge is 0.573 e. The van der Waals surface area contributed by atoms with Gasteiger partial charge in [-0.1, -0.05) is 35.3 Å². The van der Waals surface area contributed by atoms with Crippen LogP contribution in [0.3, 0.4) is 0 Å². The number of alkyl halides is 3. The van der Waals surface area contributed by atoms with Crippen LogP contribution in [0.4, 0.5) is 19.1 Å². The first kappa shape index (κ1) is 32.8. The van der Waals surface area contributed by atoms with Gasteiger partial charge in [-0.25, -0.2) is 9.55 Å². The molecule has 0 saturated carbocycles. The minimum Gasteiger partial charge on any atom is -0.406 e. The Hall–Kier alpha value is -4.56. The lowest BCUT2D eigenvalue weighted by atomic mass is 9.98. The predicted molar refractivity (Wildman–Crippen MR) is 165 cm³/mol. The summed E-state index contributed by atoms with van der Waals surface area (Å²) in [6.45, 7) is 3.56. The van der Waals surface area contributed by atoms with Crippen molar-refractivity contribution in [2.24, 2.45) is 7.05 Å². The number of nitrogens with zero attached hydrogens (tertiary/aromatic N) is 5. The third-order valence-corrected chi connectivity index (χ3v) is 8.28. The summed E-state index contributed by atoms with van der Waals surface area (Å²) in [6.07, 6.45) is -4.65. The number of aryl methyl sites for hydroxylation is 1. The first-order valence-electron chi connectivity index (χ1n) is 14.0. The molecule has 0 spiro atoms. The molecular weight excluding hydrogens is 650 g/mol. The number of anilines is 1. The van der Waals surface area contributed by atoms with E-state index < -0.39 is 23.9 Å². The summed E-state index contributed by atoms with van der Waals surface area (Å²) < 4.78 is 44.6. The number of nitrogens with one attached hydrogen (secondary N) is 2. The summed E-state index contributed by atoms with van der Waals surface area (Å²) >= 11 is 12.2. The lowest BCUT2D eigenvalue weighted by molar-refractivity contribution is -0.274. The van der Waals surface area contributed by atoms with E-state index in [2.05, 4.69) is 20.5 Å². The van der Waals surface area contributed by atoms with Gasteiger partial charge >= 0.3 is 6.36 Å². The third kappa shape index (κ3) is 6.67. The van der Waals surface area contributed by atoms with Gasteiger partial charge < -0.3 is 20.3 Å². The molecule has 0 bridgehead atoms. The molecule has 2 aromatic carbocycles. The average Bonchev–Trinajstić information content (AvgIpc) is 3.38. The molecule has 0 unspecified atom stereocenters. The van der Waals surface area contributed by atoms with Crippen LogP contribution in [0.15, 0.2) is 53.3 Å². The van der Waals surface area contributed by atoms with Crippen molar-refractivity contribution in [2.45, 2.75) is 45.3 Å². The SMILES string of the molecule is CNC(=O)c1cc(-n2c(N[C@@H](C)c3ccc(OC(F)(F)F)cc3)nc3c(c2=O)C[C@@H](C)N(C(=O)c2ccc(Cl)c(Cl)c2)C3)n(C)n1. The Bertz CT molecular complexity index is 1880. The first-order chi connectivity index (χ1) is 21.7. The molecule has 2 N–H and O–H groups in total. The number of rotatable bonds is 7. The van der Waals surface area contributed by atoms with Crippen molar-refractivity contribution >= 4 is 41.0 Å². The summed E-state index contributed by atoms with van der Waals surface area (Å²) in [7, 11) is 3.02. The highest BCUT2D eigenvalue weighted by molar-refractivity contribution is 6.42. The summed E-state index contributed by atoms with van der Waals surface area (Å²) in [5.74, 6) is -0.868. The van der Waals surface area contributed by atoms with Crippen LogP contribution in [0.2, 0.25) is 10.0 Å². The predicted octanol–water partition coefficient (Wildman–Crippen LogP) is 5.29. The van der Waals surface area contributed by atoms with Gasteiger partial charge in [0, 0.05) is 37.3 Å². The van der Waals surface area contributed by atoms with Crippen LogP contribution in [-0.4, -0.2) is 55.5 Å². The summed E-state index contributed by atoms with van der Waals surface area (Å²) in [4.78, 5) is 46.4. The maximum absolute atomic E-state index is 14.2. The zero-order valence-electron chi connectivity index (χ0n) is 24.9. The van der Waals surface area contributed by atoms with Crippen molar-refractivity contribution in [1.82, 2.24) is 29.5 Å². The molecule has 242 valence electrons. The zero-order valence-corrected chi connectivity index (χ0v) is 26.5. The number of halogens is 5. The van der Waals surface area contributed by atoms with Gasteiger partial charge in [0.05, 0.1) is 28.3 Å². The molecule has 0 radical (unpaired) electrons. The minimum atomic E-state index is -4.84. The Morgan fingerprint density at radius 3 is 2.41 bits per heavy atom. The first-order valence-corrected chi connectivity index (χ1v) is 14.7. The minimum absolute atomic E-state index is 0.00702. The van der Waals surface area contributed by atoms with Gasteiger partial charge in [0.25, 0.3) is 17.4 Å². The van der Waals surface area contributed by atoms with E-state index in [1.807, 2.05) is 6.92 Å². The normalized spacial score (nSPS) is 15.2. The van der Waals surface area contributed by atoms with E-state index in [9.17, 15) is 27.6 Å². The van der Waals surface area contributed by atoms with Crippen molar-refractivity contribution < 1.29 is 27.5 Å². The van der Waals surface area contributed by atoms with E-state index in [-0.39, 0.29) is 53.1 Å². The molecule has 16 heteroatoms. The number of fused-ring (bicyclic) bond motifs is 1. The van der Waals surface area contributed by atoms with Gasteiger partial charge in [0.2, 0.25) is 5.95 Å². The number of hydrogen-bond acceptors (Lipinski definition) is 7. The van der Waals surface area contributed by atoms with Crippen LogP contribution in [0.1, 0.15) is 57.6 Å². The number of benzene rings is 2. The molecule has 2 atom stereocenters. The highest BCUT2D eigenvalue weighted by Gasteiger charge is 2.33. The second kappa shape index (κ2) is 12.7. The lowest BCUT2D eigenvalue weighted by Gasteiger charge is -2.35. The van der Waals surface area contributed by atoms with Crippen molar-refractivity contribution in [2.75, 3.05) is 12.4 Å². The maximum Gasteiger partial charge on any atom is 0.573 e. The molecule has 1 aliphatic heterocycles. The van der Waals surface area contributed by atoms with E-state index in [1.165, 1.54) is 58.8 Å². The number of carbonyl (C=O) groups is 2. The highest BCUT2D eigenvalue weighted by Crippen LogP contribution is 2.29. The molecule has 3 heterocycles. The smallest absolute Gasteiger partial charge is 0.406 e. The van der Waals surface area contributed by atoms with Gasteiger partial charge in [-0.15, -0.1) is 13.2 Å². The van der Waals surface area contributed by atoms with Crippen LogP contribution >= 0.6 is 23.2 Å². The molecule has 0 aliphatic carbocycles. The topological polar surface area (TPSA) is 123 Å². The Morgan fingerprint density at radius 2 is 1.78 bits per heavy atom. The fourth-order valence-electron chi connectivity index (χ4n) is 5.18. The Morgan fingerprint density at radius 1 is 1.09 bits per heavy atom. The molecule has 11 nitrogen and oxygen atoms in total. The van der Waals surface area contributed by atoms with Crippen molar-refractivity contribution in [3.05, 3.63) is 97.0 Å². The fourth-order valence-corrected chi connectivity index (χ4v) is 5.47. The average molecular weight is 678 g/mol. The molecule has 46 heavy (non-hydrogen) atoms. The molecule has 2 aromatic heterocycles. The molecule has 0 saturated heterocycles. The quantitative estimate of drug-likeness (QED) is 0.272. The van der Waals surface area contributed by atoms with Crippen molar-refractivity contribution in [3.8, 4) is 11.6 Å². The molecule has 2 amide bonds. The molecule has 1 aliphatic rings. The number of hydrogen-bond donors (Lipinski definition) is 2. The number of amides is 2. The van der Waals surface area contributed by atoms with Crippen LogP contribution in [0.5, 0.6) is 5.75 Å². The zero-order chi connectivity index (χ0) is 33.5. The van der Waals surface area contributed by atoms with Gasteiger partial charge in [0.15, 0.2) is 5.69 Å². The van der Waals surface area contributed by atoms with Crippen LogP contribution < -0.4 is 20.9 Å². The second-order valence-electron chi connectivity index (χ2n) is 10.7. The van der Waals surface area contributed by atoms with Crippen molar-refractivity contribution in [3.63, 3.8) is 0 Å².